The number of amides is 3. The SMILES string of the molecule is Cc1cc(/C=C2\SC(=O)N(CC(=O)N3CCc4ccccc4C3)C2=O)c(C)n1-c1ccc(F)c(Cl)c1. The van der Waals surface area contributed by atoms with Crippen LogP contribution in [0.3, 0.4) is 0 Å². The van der Waals surface area contributed by atoms with E-state index in [9.17, 15) is 18.8 Å². The Balaban J connectivity index is 1.34. The van der Waals surface area contributed by atoms with E-state index in [1.165, 1.54) is 11.6 Å². The maximum absolute atomic E-state index is 13.6. The summed E-state index contributed by atoms with van der Waals surface area (Å²) in [5, 5.41) is -0.444. The smallest absolute Gasteiger partial charge is 0.294 e. The van der Waals surface area contributed by atoms with Gasteiger partial charge in [0.1, 0.15) is 12.4 Å². The summed E-state index contributed by atoms with van der Waals surface area (Å²) in [7, 11) is 0. The number of halogens is 2. The van der Waals surface area contributed by atoms with Crippen LogP contribution in [0.25, 0.3) is 11.8 Å². The Labute approximate surface area is 217 Å². The first-order valence-electron chi connectivity index (χ1n) is 11.5. The first kappa shape index (κ1) is 24.3. The lowest BCUT2D eigenvalue weighted by Crippen LogP contribution is -2.44. The van der Waals surface area contributed by atoms with E-state index < -0.39 is 17.0 Å². The number of carbonyl (C=O) groups is 3. The second-order valence-electron chi connectivity index (χ2n) is 8.86. The van der Waals surface area contributed by atoms with Gasteiger partial charge in [-0.15, -0.1) is 0 Å². The standard InChI is InChI=1S/C27H23ClFN3O3S/c1-16-11-20(17(2)32(16)21-7-8-23(29)22(28)13-21)12-24-26(34)31(27(35)36-24)15-25(33)30-10-9-18-5-3-4-6-19(18)14-30/h3-8,11-13H,9-10,14-15H2,1-2H3/b24-12-. The summed E-state index contributed by atoms with van der Waals surface area (Å²) < 4.78 is 15.5. The van der Waals surface area contributed by atoms with Crippen LogP contribution in [0.4, 0.5) is 9.18 Å². The Morgan fingerprint density at radius 2 is 1.86 bits per heavy atom. The number of fused-ring (bicyclic) bond motifs is 1. The normalized spacial score (nSPS) is 16.7. The molecule has 0 unspecified atom stereocenters. The number of carbonyl (C=O) groups excluding carboxylic acids is 3. The molecule has 0 spiro atoms. The third kappa shape index (κ3) is 4.47. The zero-order chi connectivity index (χ0) is 25.6. The van der Waals surface area contributed by atoms with Gasteiger partial charge in [0.15, 0.2) is 0 Å². The molecule has 0 radical (unpaired) electrons. The van der Waals surface area contributed by atoms with E-state index in [0.29, 0.717) is 18.8 Å². The number of rotatable bonds is 4. The van der Waals surface area contributed by atoms with Gasteiger partial charge in [0.05, 0.1) is 9.93 Å². The first-order chi connectivity index (χ1) is 17.2. The molecule has 3 heterocycles. The largest absolute Gasteiger partial charge is 0.336 e. The molecule has 5 rings (SSSR count). The quantitative estimate of drug-likeness (QED) is 0.423. The van der Waals surface area contributed by atoms with E-state index >= 15 is 0 Å². The van der Waals surface area contributed by atoms with Crippen molar-refractivity contribution in [1.29, 1.82) is 0 Å². The summed E-state index contributed by atoms with van der Waals surface area (Å²) in [6.07, 6.45) is 2.41. The van der Waals surface area contributed by atoms with Crippen molar-refractivity contribution in [1.82, 2.24) is 14.4 Å². The molecule has 184 valence electrons. The highest BCUT2D eigenvalue weighted by Gasteiger charge is 2.37. The second kappa shape index (κ2) is 9.59. The number of nitrogens with zero attached hydrogens (tertiary/aromatic N) is 3. The third-order valence-corrected chi connectivity index (χ3v) is 7.77. The lowest BCUT2D eigenvalue weighted by atomic mass is 10.00. The maximum atomic E-state index is 13.6. The molecule has 2 aliphatic heterocycles. The van der Waals surface area contributed by atoms with Crippen LogP contribution in [-0.2, 0) is 22.6 Å². The summed E-state index contributed by atoms with van der Waals surface area (Å²) in [4.78, 5) is 41.6. The Bertz CT molecular complexity index is 1450. The number of imide groups is 1. The Morgan fingerprint density at radius 3 is 2.61 bits per heavy atom. The minimum atomic E-state index is -0.500. The van der Waals surface area contributed by atoms with Crippen molar-refractivity contribution in [3.05, 3.63) is 92.4 Å². The molecule has 0 atom stereocenters. The van der Waals surface area contributed by atoms with Crippen LogP contribution in [-0.4, -0.2) is 44.5 Å². The Kier molecular flexibility index (Phi) is 6.49. The van der Waals surface area contributed by atoms with Gasteiger partial charge >= 0.3 is 0 Å². The number of hydrogen-bond acceptors (Lipinski definition) is 4. The fourth-order valence-corrected chi connectivity index (χ4v) is 5.68. The van der Waals surface area contributed by atoms with Crippen molar-refractivity contribution in [2.45, 2.75) is 26.8 Å². The maximum Gasteiger partial charge on any atom is 0.294 e. The first-order valence-corrected chi connectivity index (χ1v) is 12.7. The number of hydrogen-bond donors (Lipinski definition) is 0. The fraction of sp³-hybridized carbons (Fsp3) is 0.222. The average molecular weight is 524 g/mol. The molecule has 0 aliphatic carbocycles. The highest BCUT2D eigenvalue weighted by molar-refractivity contribution is 8.18. The van der Waals surface area contributed by atoms with Crippen molar-refractivity contribution in [2.24, 2.45) is 0 Å². The molecule has 3 aromatic rings. The molecule has 1 fully saturated rings. The third-order valence-electron chi connectivity index (χ3n) is 6.57. The van der Waals surface area contributed by atoms with Gasteiger partial charge in [0.25, 0.3) is 11.1 Å². The van der Waals surface area contributed by atoms with Gasteiger partial charge in [0, 0.05) is 30.2 Å². The minimum Gasteiger partial charge on any atom is -0.336 e. The number of aromatic nitrogens is 1. The number of benzene rings is 2. The van der Waals surface area contributed by atoms with Crippen LogP contribution < -0.4 is 0 Å². The van der Waals surface area contributed by atoms with Gasteiger partial charge in [-0.25, -0.2) is 4.39 Å². The van der Waals surface area contributed by atoms with Crippen LogP contribution in [0.1, 0.15) is 28.1 Å². The molecule has 0 N–H and O–H groups in total. The molecule has 9 heteroatoms. The lowest BCUT2D eigenvalue weighted by Gasteiger charge is -2.29. The van der Waals surface area contributed by atoms with Crippen LogP contribution in [0.15, 0.2) is 53.4 Å². The minimum absolute atomic E-state index is 0.0181. The van der Waals surface area contributed by atoms with E-state index in [-0.39, 0.29) is 22.4 Å². The molecule has 2 aromatic carbocycles. The molecule has 2 aliphatic rings. The van der Waals surface area contributed by atoms with E-state index in [2.05, 4.69) is 6.07 Å². The van der Waals surface area contributed by atoms with E-state index in [0.717, 1.165) is 45.6 Å². The molecule has 6 nitrogen and oxygen atoms in total. The molecular formula is C27H23ClFN3O3S. The summed E-state index contributed by atoms with van der Waals surface area (Å²) in [6.45, 7) is 4.51. The monoisotopic (exact) mass is 523 g/mol. The number of aryl methyl sites for hydroxylation is 1. The molecule has 3 amide bonds. The zero-order valence-corrected chi connectivity index (χ0v) is 21.3. The van der Waals surface area contributed by atoms with E-state index in [4.69, 9.17) is 11.6 Å². The second-order valence-corrected chi connectivity index (χ2v) is 10.3. The fourth-order valence-electron chi connectivity index (χ4n) is 4.68. The van der Waals surface area contributed by atoms with Crippen LogP contribution in [0, 0.1) is 19.7 Å². The van der Waals surface area contributed by atoms with Crippen molar-refractivity contribution in [2.75, 3.05) is 13.1 Å². The predicted molar refractivity (Wildman–Crippen MR) is 138 cm³/mol. The lowest BCUT2D eigenvalue weighted by molar-refractivity contribution is -0.136. The number of thioether (sulfide) groups is 1. The average Bonchev–Trinajstić information content (AvgIpc) is 3.29. The van der Waals surface area contributed by atoms with E-state index in [1.54, 1.807) is 23.1 Å². The van der Waals surface area contributed by atoms with Crippen molar-refractivity contribution in [3.63, 3.8) is 0 Å². The molecule has 36 heavy (non-hydrogen) atoms. The molecule has 1 aromatic heterocycles. The Morgan fingerprint density at radius 1 is 1.11 bits per heavy atom. The highest BCUT2D eigenvalue weighted by atomic mass is 35.5. The molecular weight excluding hydrogens is 501 g/mol. The topological polar surface area (TPSA) is 62.6 Å². The van der Waals surface area contributed by atoms with Gasteiger partial charge in [-0.2, -0.15) is 0 Å². The molecule has 0 saturated carbocycles. The van der Waals surface area contributed by atoms with E-state index in [1.807, 2.05) is 42.7 Å². The molecule has 0 bridgehead atoms. The molecule has 1 saturated heterocycles. The summed E-state index contributed by atoms with van der Waals surface area (Å²) in [6, 6.07) is 14.3. The summed E-state index contributed by atoms with van der Waals surface area (Å²) in [5.74, 6) is -1.23. The van der Waals surface area contributed by atoms with Gasteiger partial charge in [-0.1, -0.05) is 35.9 Å². The zero-order valence-electron chi connectivity index (χ0n) is 19.8. The van der Waals surface area contributed by atoms with Crippen LogP contribution >= 0.6 is 23.4 Å². The van der Waals surface area contributed by atoms with Crippen LogP contribution in [0.5, 0.6) is 0 Å². The van der Waals surface area contributed by atoms with Crippen molar-refractivity contribution < 1.29 is 18.8 Å². The van der Waals surface area contributed by atoms with Crippen molar-refractivity contribution in [3.8, 4) is 5.69 Å². The summed E-state index contributed by atoms with van der Waals surface area (Å²) in [5.41, 5.74) is 5.42. The highest BCUT2D eigenvalue weighted by Crippen LogP contribution is 2.34. The Hall–Kier alpha value is -3.36. The van der Waals surface area contributed by atoms with Gasteiger partial charge in [0.2, 0.25) is 5.91 Å². The van der Waals surface area contributed by atoms with Crippen LogP contribution in [0.2, 0.25) is 5.02 Å². The van der Waals surface area contributed by atoms with Gasteiger partial charge in [-0.05, 0) is 79.1 Å². The van der Waals surface area contributed by atoms with Gasteiger partial charge in [-0.3, -0.25) is 19.3 Å². The predicted octanol–water partition coefficient (Wildman–Crippen LogP) is 5.51. The van der Waals surface area contributed by atoms with Crippen molar-refractivity contribution >= 4 is 46.5 Å². The van der Waals surface area contributed by atoms with Gasteiger partial charge < -0.3 is 9.47 Å². The summed E-state index contributed by atoms with van der Waals surface area (Å²) >= 11 is 6.79.